The van der Waals surface area contributed by atoms with Gasteiger partial charge in [-0.05, 0) is 30.5 Å². The quantitative estimate of drug-likeness (QED) is 0.804. The second kappa shape index (κ2) is 7.47. The van der Waals surface area contributed by atoms with Crippen molar-refractivity contribution in [3.05, 3.63) is 35.7 Å². The summed E-state index contributed by atoms with van der Waals surface area (Å²) < 4.78 is 39.0. The number of hydrogen-bond donors (Lipinski definition) is 1. The van der Waals surface area contributed by atoms with Gasteiger partial charge in [-0.1, -0.05) is 37.7 Å². The van der Waals surface area contributed by atoms with Crippen LogP contribution in [0.1, 0.15) is 38.1 Å². The van der Waals surface area contributed by atoms with Crippen LogP contribution in [0.2, 0.25) is 0 Å². The van der Waals surface area contributed by atoms with Gasteiger partial charge >= 0.3 is 6.18 Å². The highest BCUT2D eigenvalue weighted by Gasteiger charge is 2.37. The normalized spacial score (nSPS) is 13.1. The first-order valence-electron chi connectivity index (χ1n) is 7.63. The van der Waals surface area contributed by atoms with Gasteiger partial charge in [-0.3, -0.25) is 4.79 Å². The highest BCUT2D eigenvalue weighted by atomic mass is 32.2. The Morgan fingerprint density at radius 1 is 1.16 bits per heavy atom. The van der Waals surface area contributed by atoms with Gasteiger partial charge in [0, 0.05) is 12.7 Å². The number of nitrogens with one attached hydrogen (secondary N) is 1. The zero-order valence-corrected chi connectivity index (χ0v) is 15.1. The van der Waals surface area contributed by atoms with Gasteiger partial charge in [0.2, 0.25) is 11.7 Å². The fourth-order valence-electron chi connectivity index (χ4n) is 2.07. The van der Waals surface area contributed by atoms with E-state index in [2.05, 4.69) is 29.4 Å². The van der Waals surface area contributed by atoms with E-state index in [1.54, 1.807) is 19.1 Å². The molecule has 0 spiro atoms. The van der Waals surface area contributed by atoms with Crippen molar-refractivity contribution in [2.75, 3.05) is 5.32 Å². The Hall–Kier alpha value is -2.03. The third-order valence-corrected chi connectivity index (χ3v) is 4.72. The maximum absolute atomic E-state index is 12.7. The average Bonchev–Trinajstić information content (AvgIpc) is 2.88. The maximum Gasteiger partial charge on any atom is 0.451 e. The number of alkyl halides is 3. The fraction of sp³-hybridized carbons (Fsp3) is 0.438. The molecule has 1 N–H and O–H groups in total. The second-order valence-corrected chi connectivity index (χ2v) is 7.20. The summed E-state index contributed by atoms with van der Waals surface area (Å²) in [6.45, 7) is 5.75. The molecule has 0 aliphatic rings. The highest BCUT2D eigenvalue weighted by molar-refractivity contribution is 8.00. The number of benzene rings is 1. The van der Waals surface area contributed by atoms with Gasteiger partial charge in [0.1, 0.15) is 0 Å². The zero-order chi connectivity index (χ0) is 18.8. The van der Waals surface area contributed by atoms with Crippen LogP contribution in [-0.2, 0) is 18.0 Å². The first-order chi connectivity index (χ1) is 11.6. The lowest BCUT2D eigenvalue weighted by Gasteiger charge is -2.13. The average molecular weight is 372 g/mol. The largest absolute Gasteiger partial charge is 0.451 e. The number of rotatable bonds is 5. The van der Waals surface area contributed by atoms with E-state index in [-0.39, 0.29) is 11.1 Å². The standard InChI is InChI=1S/C16H19F3N4OS/c1-9(2)11-5-7-12(8-6-11)20-13(24)10(3)25-15-22-21-14(23(15)4)16(17,18)19/h5-10H,1-4H3,(H,20,24)/t10-/m0/s1. The van der Waals surface area contributed by atoms with Gasteiger partial charge in [-0.2, -0.15) is 13.2 Å². The molecule has 0 fully saturated rings. The molecule has 136 valence electrons. The molecule has 5 nitrogen and oxygen atoms in total. The van der Waals surface area contributed by atoms with E-state index < -0.39 is 17.3 Å². The van der Waals surface area contributed by atoms with Gasteiger partial charge in [0.15, 0.2) is 5.16 Å². The minimum Gasteiger partial charge on any atom is -0.325 e. The van der Waals surface area contributed by atoms with Gasteiger partial charge in [0.25, 0.3) is 0 Å². The van der Waals surface area contributed by atoms with Crippen molar-refractivity contribution in [3.8, 4) is 0 Å². The molecule has 2 rings (SSSR count). The predicted octanol–water partition coefficient (Wildman–Crippen LogP) is 4.08. The molecule has 0 aliphatic carbocycles. The molecular formula is C16H19F3N4OS. The van der Waals surface area contributed by atoms with Crippen molar-refractivity contribution in [2.45, 2.75) is 43.3 Å². The first-order valence-corrected chi connectivity index (χ1v) is 8.51. The molecule has 1 atom stereocenters. The summed E-state index contributed by atoms with van der Waals surface area (Å²) in [5, 5.41) is 8.81. The Morgan fingerprint density at radius 2 is 1.76 bits per heavy atom. The van der Waals surface area contributed by atoms with E-state index in [0.717, 1.165) is 21.9 Å². The van der Waals surface area contributed by atoms with E-state index in [0.29, 0.717) is 11.6 Å². The molecule has 0 bridgehead atoms. The molecule has 0 radical (unpaired) electrons. The van der Waals surface area contributed by atoms with Crippen LogP contribution >= 0.6 is 11.8 Å². The topological polar surface area (TPSA) is 59.8 Å². The summed E-state index contributed by atoms with van der Waals surface area (Å²) in [7, 11) is 1.22. The van der Waals surface area contributed by atoms with Crippen molar-refractivity contribution in [2.24, 2.45) is 7.05 Å². The van der Waals surface area contributed by atoms with Crippen LogP contribution in [0.25, 0.3) is 0 Å². The van der Waals surface area contributed by atoms with E-state index >= 15 is 0 Å². The fourth-order valence-corrected chi connectivity index (χ4v) is 2.89. The monoisotopic (exact) mass is 372 g/mol. The number of carbonyl (C=O) groups excluding carboxylic acids is 1. The second-order valence-electron chi connectivity index (χ2n) is 5.89. The zero-order valence-electron chi connectivity index (χ0n) is 14.3. The van der Waals surface area contributed by atoms with Crippen LogP contribution in [0, 0.1) is 0 Å². The molecule has 25 heavy (non-hydrogen) atoms. The predicted molar refractivity (Wildman–Crippen MR) is 90.5 cm³/mol. The summed E-state index contributed by atoms with van der Waals surface area (Å²) in [6.07, 6.45) is -4.58. The van der Waals surface area contributed by atoms with Crippen LogP contribution < -0.4 is 5.32 Å². The van der Waals surface area contributed by atoms with Crippen molar-refractivity contribution in [1.29, 1.82) is 0 Å². The Kier molecular flexibility index (Phi) is 5.76. The van der Waals surface area contributed by atoms with Gasteiger partial charge in [-0.25, -0.2) is 0 Å². The molecule has 0 aliphatic heterocycles. The minimum absolute atomic E-state index is 0.0325. The Morgan fingerprint density at radius 3 is 2.24 bits per heavy atom. The van der Waals surface area contributed by atoms with Crippen LogP contribution in [0.15, 0.2) is 29.4 Å². The minimum atomic E-state index is -4.58. The van der Waals surface area contributed by atoms with Gasteiger partial charge in [0.05, 0.1) is 5.25 Å². The van der Waals surface area contributed by atoms with E-state index in [4.69, 9.17) is 0 Å². The van der Waals surface area contributed by atoms with Crippen molar-refractivity contribution >= 4 is 23.4 Å². The number of aromatic nitrogens is 3. The van der Waals surface area contributed by atoms with Crippen molar-refractivity contribution in [3.63, 3.8) is 0 Å². The van der Waals surface area contributed by atoms with Gasteiger partial charge < -0.3 is 9.88 Å². The Labute approximate surface area is 148 Å². The molecule has 1 heterocycles. The number of carbonyl (C=O) groups is 1. The summed E-state index contributed by atoms with van der Waals surface area (Å²) in [6, 6.07) is 7.45. The summed E-state index contributed by atoms with van der Waals surface area (Å²) >= 11 is 0.920. The smallest absolute Gasteiger partial charge is 0.325 e. The number of anilines is 1. The van der Waals surface area contributed by atoms with Crippen molar-refractivity contribution in [1.82, 2.24) is 14.8 Å². The molecule has 1 aromatic carbocycles. The lowest BCUT2D eigenvalue weighted by Crippen LogP contribution is -2.23. The van der Waals surface area contributed by atoms with E-state index in [1.807, 2.05) is 12.1 Å². The van der Waals surface area contributed by atoms with Crippen molar-refractivity contribution < 1.29 is 18.0 Å². The maximum atomic E-state index is 12.7. The summed E-state index contributed by atoms with van der Waals surface area (Å²) in [5.41, 5.74) is 1.79. The van der Waals surface area contributed by atoms with Crippen LogP contribution in [0.3, 0.4) is 0 Å². The number of thioether (sulfide) groups is 1. The molecule has 1 aromatic heterocycles. The highest BCUT2D eigenvalue weighted by Crippen LogP contribution is 2.31. The van der Waals surface area contributed by atoms with Crippen LogP contribution in [0.4, 0.5) is 18.9 Å². The molecule has 0 unspecified atom stereocenters. The molecule has 0 saturated carbocycles. The third-order valence-electron chi connectivity index (χ3n) is 3.58. The number of amides is 1. The molecular weight excluding hydrogens is 353 g/mol. The Balaban J connectivity index is 2.02. The third kappa shape index (κ3) is 4.75. The lowest BCUT2D eigenvalue weighted by atomic mass is 10.0. The number of nitrogens with zero attached hydrogens (tertiary/aromatic N) is 3. The van der Waals surface area contributed by atoms with Crippen LogP contribution in [-0.4, -0.2) is 25.9 Å². The molecule has 2 aromatic rings. The van der Waals surface area contributed by atoms with Crippen LogP contribution in [0.5, 0.6) is 0 Å². The summed E-state index contributed by atoms with van der Waals surface area (Å²) in [5.74, 6) is -1.02. The molecule has 9 heteroatoms. The van der Waals surface area contributed by atoms with Gasteiger partial charge in [-0.15, -0.1) is 10.2 Å². The molecule has 1 amide bonds. The SMILES string of the molecule is CC(C)c1ccc(NC(=O)[C@H](C)Sc2nnc(C(F)(F)F)n2C)cc1. The molecule has 0 saturated heterocycles. The Bertz CT molecular complexity index is 741. The lowest BCUT2D eigenvalue weighted by molar-refractivity contribution is -0.147. The number of halogens is 3. The summed E-state index contributed by atoms with van der Waals surface area (Å²) in [4.78, 5) is 12.2. The number of hydrogen-bond acceptors (Lipinski definition) is 4. The van der Waals surface area contributed by atoms with E-state index in [9.17, 15) is 18.0 Å². The first kappa shape index (κ1) is 19.3. The van der Waals surface area contributed by atoms with E-state index in [1.165, 1.54) is 7.05 Å².